The van der Waals surface area contributed by atoms with Crippen molar-refractivity contribution in [2.75, 3.05) is 19.6 Å². The van der Waals surface area contributed by atoms with E-state index in [1.807, 2.05) is 0 Å². The summed E-state index contributed by atoms with van der Waals surface area (Å²) in [6.07, 6.45) is 3.75. The predicted octanol–water partition coefficient (Wildman–Crippen LogP) is 2.18. The van der Waals surface area contributed by atoms with Gasteiger partial charge in [0.15, 0.2) is 0 Å². The van der Waals surface area contributed by atoms with Crippen molar-refractivity contribution < 1.29 is 5.11 Å². The largest absolute Gasteiger partial charge is 0.393 e. The Bertz CT molecular complexity index is 426. The van der Waals surface area contributed by atoms with Crippen molar-refractivity contribution in [2.24, 2.45) is 23.7 Å². The minimum absolute atomic E-state index is 0.0336. The highest BCUT2D eigenvalue weighted by atomic mass is 16.3. The molecule has 1 unspecified atom stereocenters. The Hall–Kier alpha value is -0.860. The number of aliphatic hydroxyl groups excluding tert-OH is 1. The maximum atomic E-state index is 10.2. The van der Waals surface area contributed by atoms with Crippen LogP contribution in [0.15, 0.2) is 30.3 Å². The lowest BCUT2D eigenvalue weighted by Crippen LogP contribution is -2.28. The fourth-order valence-electron chi connectivity index (χ4n) is 4.94. The molecule has 4 rings (SSSR count). The Balaban J connectivity index is 1.37. The van der Waals surface area contributed by atoms with Crippen molar-refractivity contribution in [3.63, 3.8) is 0 Å². The fraction of sp³-hybridized carbons (Fsp3) is 0.647. The van der Waals surface area contributed by atoms with Crippen molar-refractivity contribution in [2.45, 2.75) is 25.4 Å². The number of benzene rings is 1. The minimum Gasteiger partial charge on any atom is -0.393 e. The van der Waals surface area contributed by atoms with Crippen LogP contribution in [0.5, 0.6) is 0 Å². The summed E-state index contributed by atoms with van der Waals surface area (Å²) in [4.78, 5) is 2.64. The fourth-order valence-corrected chi connectivity index (χ4v) is 4.94. The van der Waals surface area contributed by atoms with Crippen molar-refractivity contribution in [3.8, 4) is 0 Å². The molecule has 0 radical (unpaired) electrons. The van der Waals surface area contributed by atoms with Crippen molar-refractivity contribution in [3.05, 3.63) is 35.9 Å². The third-order valence-corrected chi connectivity index (χ3v) is 5.86. The molecule has 102 valence electrons. The molecule has 5 atom stereocenters. The molecule has 1 heterocycles. The van der Waals surface area contributed by atoms with E-state index in [1.165, 1.54) is 38.0 Å². The molecule has 0 amide bonds. The van der Waals surface area contributed by atoms with Crippen molar-refractivity contribution >= 4 is 0 Å². The van der Waals surface area contributed by atoms with Crippen LogP contribution in [0, 0.1) is 23.7 Å². The molecule has 2 heteroatoms. The van der Waals surface area contributed by atoms with E-state index in [4.69, 9.17) is 0 Å². The maximum Gasteiger partial charge on any atom is 0.0603 e. The van der Waals surface area contributed by atoms with Crippen LogP contribution in [0.2, 0.25) is 0 Å². The average molecular weight is 257 g/mol. The van der Waals surface area contributed by atoms with E-state index in [0.29, 0.717) is 11.8 Å². The number of hydrogen-bond acceptors (Lipinski definition) is 2. The normalized spacial score (nSPS) is 40.8. The highest BCUT2D eigenvalue weighted by Crippen LogP contribution is 2.55. The lowest BCUT2D eigenvalue weighted by atomic mass is 9.82. The second kappa shape index (κ2) is 4.60. The molecule has 2 nitrogen and oxygen atoms in total. The summed E-state index contributed by atoms with van der Waals surface area (Å²) in [7, 11) is 0. The first kappa shape index (κ1) is 11.9. The first-order valence-corrected chi connectivity index (χ1v) is 7.77. The SMILES string of the molecule is OC1[C@H]2CC[C@@H]1[C@H]1CN(CCc3ccccc3)C[C@H]12. The maximum absolute atomic E-state index is 10.2. The summed E-state index contributed by atoms with van der Waals surface area (Å²) < 4.78 is 0. The van der Waals surface area contributed by atoms with Crippen LogP contribution in [-0.4, -0.2) is 35.7 Å². The third kappa shape index (κ3) is 1.93. The number of likely N-dealkylation sites (tertiary alicyclic amines) is 1. The summed E-state index contributed by atoms with van der Waals surface area (Å²) in [6.45, 7) is 3.65. The first-order chi connectivity index (χ1) is 9.33. The molecule has 1 aromatic rings. The van der Waals surface area contributed by atoms with Crippen LogP contribution in [0.25, 0.3) is 0 Å². The molecule has 3 aliphatic rings. The zero-order chi connectivity index (χ0) is 12.8. The zero-order valence-electron chi connectivity index (χ0n) is 11.4. The Morgan fingerprint density at radius 3 is 2.21 bits per heavy atom. The smallest absolute Gasteiger partial charge is 0.0603 e. The summed E-state index contributed by atoms with van der Waals surface area (Å²) in [6, 6.07) is 10.8. The highest BCUT2D eigenvalue weighted by molar-refractivity contribution is 5.15. The van der Waals surface area contributed by atoms with Gasteiger partial charge in [-0.25, -0.2) is 0 Å². The van der Waals surface area contributed by atoms with Crippen LogP contribution in [-0.2, 0) is 6.42 Å². The summed E-state index contributed by atoms with van der Waals surface area (Å²) in [5.41, 5.74) is 1.45. The van der Waals surface area contributed by atoms with Gasteiger partial charge in [0.05, 0.1) is 6.10 Å². The third-order valence-electron chi connectivity index (χ3n) is 5.86. The molecule has 0 spiro atoms. The van der Waals surface area contributed by atoms with Gasteiger partial charge in [0.25, 0.3) is 0 Å². The number of rotatable bonds is 3. The molecule has 3 fully saturated rings. The number of fused-ring (bicyclic) bond motifs is 5. The van der Waals surface area contributed by atoms with Gasteiger partial charge in [-0.05, 0) is 48.5 Å². The molecule has 2 bridgehead atoms. The zero-order valence-corrected chi connectivity index (χ0v) is 11.4. The molecule has 2 saturated carbocycles. The average Bonchev–Trinajstić information content (AvgIpc) is 3.08. The number of nitrogens with zero attached hydrogens (tertiary/aromatic N) is 1. The molecule has 2 aliphatic carbocycles. The quantitative estimate of drug-likeness (QED) is 0.897. The van der Waals surface area contributed by atoms with E-state index >= 15 is 0 Å². The Morgan fingerprint density at radius 1 is 0.947 bits per heavy atom. The Morgan fingerprint density at radius 2 is 1.58 bits per heavy atom. The number of aliphatic hydroxyl groups is 1. The monoisotopic (exact) mass is 257 g/mol. The van der Waals surface area contributed by atoms with E-state index in [9.17, 15) is 5.11 Å². The Labute approximate surface area is 115 Å². The van der Waals surface area contributed by atoms with E-state index in [-0.39, 0.29) is 6.10 Å². The second-order valence-electron chi connectivity index (χ2n) is 6.72. The summed E-state index contributed by atoms with van der Waals surface area (Å²) in [5.74, 6) is 2.84. The molecule has 0 aromatic heterocycles. The van der Waals surface area contributed by atoms with Crippen molar-refractivity contribution in [1.82, 2.24) is 4.90 Å². The number of hydrogen-bond donors (Lipinski definition) is 1. The van der Waals surface area contributed by atoms with E-state index in [2.05, 4.69) is 35.2 Å². The van der Waals surface area contributed by atoms with Gasteiger partial charge < -0.3 is 10.0 Å². The van der Waals surface area contributed by atoms with Gasteiger partial charge in [0.1, 0.15) is 0 Å². The molecular formula is C17H23NO. The lowest BCUT2D eigenvalue weighted by molar-refractivity contribution is 0.105. The van der Waals surface area contributed by atoms with E-state index in [0.717, 1.165) is 18.3 Å². The van der Waals surface area contributed by atoms with Crippen LogP contribution in [0.3, 0.4) is 0 Å². The summed E-state index contributed by atoms with van der Waals surface area (Å²) >= 11 is 0. The van der Waals surface area contributed by atoms with Crippen LogP contribution in [0.1, 0.15) is 18.4 Å². The topological polar surface area (TPSA) is 23.5 Å². The molecule has 1 saturated heterocycles. The lowest BCUT2D eigenvalue weighted by Gasteiger charge is -2.21. The van der Waals surface area contributed by atoms with Gasteiger partial charge in [-0.2, -0.15) is 0 Å². The van der Waals surface area contributed by atoms with Crippen molar-refractivity contribution in [1.29, 1.82) is 0 Å². The van der Waals surface area contributed by atoms with Crippen LogP contribution in [0.4, 0.5) is 0 Å². The second-order valence-corrected chi connectivity index (χ2v) is 6.72. The van der Waals surface area contributed by atoms with E-state index in [1.54, 1.807) is 0 Å². The van der Waals surface area contributed by atoms with Gasteiger partial charge in [-0.3, -0.25) is 0 Å². The van der Waals surface area contributed by atoms with Gasteiger partial charge in [-0.15, -0.1) is 0 Å². The summed E-state index contributed by atoms with van der Waals surface area (Å²) in [5, 5.41) is 10.2. The molecule has 1 aliphatic heterocycles. The van der Waals surface area contributed by atoms with Gasteiger partial charge in [0.2, 0.25) is 0 Å². The highest BCUT2D eigenvalue weighted by Gasteiger charge is 2.56. The molecule has 1 aromatic carbocycles. The molecular weight excluding hydrogens is 234 g/mol. The Kier molecular flexibility index (Phi) is 2.89. The van der Waals surface area contributed by atoms with Crippen LogP contribution >= 0.6 is 0 Å². The standard InChI is InChI=1S/C17H23NO/c19-17-13-6-7-14(17)16-11-18(10-15(13)16)9-8-12-4-2-1-3-5-12/h1-5,13-17,19H,6-11H2/t13-,14+,15-,16+,17?. The molecule has 1 N–H and O–H groups in total. The van der Waals surface area contributed by atoms with Gasteiger partial charge in [0, 0.05) is 19.6 Å². The van der Waals surface area contributed by atoms with E-state index < -0.39 is 0 Å². The predicted molar refractivity (Wildman–Crippen MR) is 75.8 cm³/mol. The minimum atomic E-state index is 0.0336. The van der Waals surface area contributed by atoms with Crippen LogP contribution < -0.4 is 0 Å². The molecule has 19 heavy (non-hydrogen) atoms. The first-order valence-electron chi connectivity index (χ1n) is 7.77. The van der Waals surface area contributed by atoms with Gasteiger partial charge in [-0.1, -0.05) is 30.3 Å². The van der Waals surface area contributed by atoms with Gasteiger partial charge >= 0.3 is 0 Å².